The Balaban J connectivity index is 2.24. The quantitative estimate of drug-likeness (QED) is 0.566. The van der Waals surface area contributed by atoms with E-state index in [2.05, 4.69) is 66.2 Å². The van der Waals surface area contributed by atoms with Crippen LogP contribution in [0.5, 0.6) is 0 Å². The summed E-state index contributed by atoms with van der Waals surface area (Å²) in [5, 5.41) is 2.54. The maximum absolute atomic E-state index is 5.64. The first-order chi connectivity index (χ1) is 9.18. The molecule has 0 radical (unpaired) electrons. The number of aryl methyl sites for hydroxylation is 2. The number of hydrogen-bond acceptors (Lipinski definition) is 1. The Morgan fingerprint density at radius 1 is 0.947 bits per heavy atom. The number of fused-ring (bicyclic) bond motifs is 1. The average molecular weight is 315 g/mol. The molecule has 0 saturated heterocycles. The maximum atomic E-state index is 5.64. The van der Waals surface area contributed by atoms with E-state index >= 15 is 0 Å². The Morgan fingerprint density at radius 2 is 1.74 bits per heavy atom. The lowest BCUT2D eigenvalue weighted by Gasteiger charge is -2.15. The molecule has 0 amide bonds. The third-order valence-electron chi connectivity index (χ3n) is 3.57. The summed E-state index contributed by atoms with van der Waals surface area (Å²) in [5.74, 6) is 0.986. The van der Waals surface area contributed by atoms with Crippen molar-refractivity contribution in [2.45, 2.75) is 18.7 Å². The molecule has 96 valence electrons. The molecule has 3 aromatic rings. The molecule has 2 heteroatoms. The van der Waals surface area contributed by atoms with Gasteiger partial charge in [0.1, 0.15) is 5.76 Å². The minimum absolute atomic E-state index is 0.0913. The number of hydrogen-bond donors (Lipinski definition) is 0. The van der Waals surface area contributed by atoms with Crippen molar-refractivity contribution < 1.29 is 4.42 Å². The molecule has 19 heavy (non-hydrogen) atoms. The number of rotatable bonds is 2. The predicted molar refractivity (Wildman–Crippen MR) is 82.9 cm³/mol. The summed E-state index contributed by atoms with van der Waals surface area (Å²) < 4.78 is 5.64. The average Bonchev–Trinajstić information content (AvgIpc) is 2.84. The van der Waals surface area contributed by atoms with Crippen molar-refractivity contribution in [2.75, 3.05) is 0 Å². The molecule has 0 N–H and O–H groups in total. The van der Waals surface area contributed by atoms with Crippen molar-refractivity contribution >= 4 is 26.7 Å². The molecule has 0 aliphatic carbocycles. The fourth-order valence-electron chi connectivity index (χ4n) is 2.52. The van der Waals surface area contributed by atoms with Crippen LogP contribution in [0.2, 0.25) is 0 Å². The first-order valence-electron chi connectivity index (χ1n) is 6.35. The van der Waals surface area contributed by atoms with E-state index in [1.807, 2.05) is 6.07 Å². The summed E-state index contributed by atoms with van der Waals surface area (Å²) in [6.45, 7) is 4.22. The van der Waals surface area contributed by atoms with E-state index in [9.17, 15) is 0 Å². The molecule has 1 unspecified atom stereocenters. The minimum Gasteiger partial charge on any atom is -0.468 e. The monoisotopic (exact) mass is 314 g/mol. The van der Waals surface area contributed by atoms with Crippen molar-refractivity contribution in [1.82, 2.24) is 0 Å². The molecule has 0 aliphatic rings. The van der Waals surface area contributed by atoms with Crippen LogP contribution in [-0.2, 0) is 0 Å². The lowest BCUT2D eigenvalue weighted by molar-refractivity contribution is 0.517. The number of furan rings is 1. The van der Waals surface area contributed by atoms with Crippen LogP contribution in [0, 0.1) is 13.8 Å². The highest BCUT2D eigenvalue weighted by molar-refractivity contribution is 9.09. The second-order valence-electron chi connectivity index (χ2n) is 4.85. The highest BCUT2D eigenvalue weighted by Crippen LogP contribution is 2.39. The van der Waals surface area contributed by atoms with Gasteiger partial charge in [-0.3, -0.25) is 0 Å². The second kappa shape index (κ2) is 4.86. The van der Waals surface area contributed by atoms with E-state index in [1.165, 1.54) is 27.5 Å². The van der Waals surface area contributed by atoms with Gasteiger partial charge >= 0.3 is 0 Å². The van der Waals surface area contributed by atoms with Crippen molar-refractivity contribution in [3.63, 3.8) is 0 Å². The zero-order chi connectivity index (χ0) is 13.4. The van der Waals surface area contributed by atoms with E-state index in [0.29, 0.717) is 0 Å². The van der Waals surface area contributed by atoms with Crippen molar-refractivity contribution in [3.05, 3.63) is 71.2 Å². The third-order valence-corrected chi connectivity index (χ3v) is 4.45. The molecule has 0 bridgehead atoms. The molecule has 0 saturated carbocycles. The van der Waals surface area contributed by atoms with Gasteiger partial charge in [-0.05, 0) is 47.4 Å². The highest BCUT2D eigenvalue weighted by Gasteiger charge is 2.20. The van der Waals surface area contributed by atoms with Gasteiger partial charge in [0, 0.05) is 0 Å². The van der Waals surface area contributed by atoms with Crippen LogP contribution >= 0.6 is 15.9 Å². The van der Waals surface area contributed by atoms with E-state index in [4.69, 9.17) is 4.42 Å². The maximum Gasteiger partial charge on any atom is 0.124 e. The summed E-state index contributed by atoms with van der Waals surface area (Å²) in [7, 11) is 0. The molecular weight excluding hydrogens is 300 g/mol. The first kappa shape index (κ1) is 12.5. The number of benzene rings is 2. The zero-order valence-electron chi connectivity index (χ0n) is 11.0. The van der Waals surface area contributed by atoms with Crippen molar-refractivity contribution in [1.29, 1.82) is 0 Å². The van der Waals surface area contributed by atoms with Gasteiger partial charge in [-0.1, -0.05) is 52.3 Å². The Hall–Kier alpha value is -1.54. The smallest absolute Gasteiger partial charge is 0.124 e. The molecule has 2 aromatic carbocycles. The molecule has 1 atom stereocenters. The fraction of sp³-hybridized carbons (Fsp3) is 0.176. The van der Waals surface area contributed by atoms with E-state index < -0.39 is 0 Å². The van der Waals surface area contributed by atoms with Gasteiger partial charge in [0.05, 0.1) is 11.1 Å². The SMILES string of the molecule is Cc1ccoc1C(Br)c1c(C)ccc2ccccc12. The van der Waals surface area contributed by atoms with Crippen LogP contribution in [-0.4, -0.2) is 0 Å². The highest BCUT2D eigenvalue weighted by atomic mass is 79.9. The van der Waals surface area contributed by atoms with Gasteiger partial charge in [0.15, 0.2) is 0 Å². The first-order valence-corrected chi connectivity index (χ1v) is 7.26. The van der Waals surface area contributed by atoms with Crippen LogP contribution in [0.1, 0.15) is 27.3 Å². The van der Waals surface area contributed by atoms with E-state index in [1.54, 1.807) is 6.26 Å². The van der Waals surface area contributed by atoms with E-state index in [0.717, 1.165) is 5.76 Å². The largest absolute Gasteiger partial charge is 0.468 e. The van der Waals surface area contributed by atoms with Gasteiger partial charge in [-0.2, -0.15) is 0 Å². The lowest BCUT2D eigenvalue weighted by Crippen LogP contribution is -1.97. The minimum atomic E-state index is 0.0913. The molecule has 1 nitrogen and oxygen atoms in total. The predicted octanol–water partition coefficient (Wildman–Crippen LogP) is 5.53. The Labute approximate surface area is 121 Å². The molecule has 0 fully saturated rings. The van der Waals surface area contributed by atoms with Gasteiger partial charge in [-0.15, -0.1) is 0 Å². The molecule has 0 aliphatic heterocycles. The topological polar surface area (TPSA) is 13.1 Å². The van der Waals surface area contributed by atoms with Gasteiger partial charge < -0.3 is 4.42 Å². The number of alkyl halides is 1. The molecule has 0 spiro atoms. The summed E-state index contributed by atoms with van der Waals surface area (Å²) in [5.41, 5.74) is 3.74. The van der Waals surface area contributed by atoms with Gasteiger partial charge in [0.25, 0.3) is 0 Å². The van der Waals surface area contributed by atoms with Crippen molar-refractivity contribution in [3.8, 4) is 0 Å². The molecule has 1 aromatic heterocycles. The summed E-state index contributed by atoms with van der Waals surface area (Å²) >= 11 is 3.80. The molecule has 3 rings (SSSR count). The standard InChI is InChI=1S/C17H15BrO/c1-11-7-8-13-5-3-4-6-14(13)15(11)16(18)17-12(2)9-10-19-17/h3-10,16H,1-2H3. The lowest BCUT2D eigenvalue weighted by atomic mass is 9.96. The Bertz CT molecular complexity index is 727. The van der Waals surface area contributed by atoms with Gasteiger partial charge in [0.2, 0.25) is 0 Å². The zero-order valence-corrected chi connectivity index (χ0v) is 12.6. The van der Waals surface area contributed by atoms with Crippen molar-refractivity contribution in [2.24, 2.45) is 0 Å². The number of halogens is 1. The van der Waals surface area contributed by atoms with Crippen LogP contribution < -0.4 is 0 Å². The Morgan fingerprint density at radius 3 is 2.47 bits per heavy atom. The summed E-state index contributed by atoms with van der Waals surface area (Å²) in [4.78, 5) is 0.0913. The van der Waals surface area contributed by atoms with Crippen LogP contribution in [0.4, 0.5) is 0 Å². The van der Waals surface area contributed by atoms with Gasteiger partial charge in [-0.25, -0.2) is 0 Å². The fourth-order valence-corrected chi connectivity index (χ4v) is 3.59. The summed E-state index contributed by atoms with van der Waals surface area (Å²) in [6.07, 6.45) is 1.75. The van der Waals surface area contributed by atoms with Crippen LogP contribution in [0.25, 0.3) is 10.8 Å². The van der Waals surface area contributed by atoms with E-state index in [-0.39, 0.29) is 4.83 Å². The Kier molecular flexibility index (Phi) is 3.19. The normalized spacial score (nSPS) is 12.8. The van der Waals surface area contributed by atoms with Crippen LogP contribution in [0.15, 0.2) is 53.1 Å². The summed E-state index contributed by atoms with van der Waals surface area (Å²) in [6, 6.07) is 14.8. The third kappa shape index (κ3) is 2.10. The van der Waals surface area contributed by atoms with Crippen LogP contribution in [0.3, 0.4) is 0 Å². The second-order valence-corrected chi connectivity index (χ2v) is 5.76. The molecule has 1 heterocycles. The molecular formula is C17H15BrO.